The lowest BCUT2D eigenvalue weighted by molar-refractivity contribution is 0.102. The molecule has 0 unspecified atom stereocenters. The molecule has 6 nitrogen and oxygen atoms in total. The maximum Gasteiger partial charge on any atom is 0.276 e. The number of nitrogens with zero attached hydrogens (tertiary/aromatic N) is 4. The number of hydrogen-bond donors (Lipinski definition) is 1. The average molecular weight is 452 g/mol. The van der Waals surface area contributed by atoms with Crippen LogP contribution in [0, 0.1) is 0 Å². The molecule has 0 spiro atoms. The molecule has 1 aliphatic rings. The van der Waals surface area contributed by atoms with Crippen LogP contribution in [0.4, 0.5) is 5.00 Å². The Morgan fingerprint density at radius 1 is 1.23 bits per heavy atom. The van der Waals surface area contributed by atoms with Crippen LogP contribution in [0.25, 0.3) is 20.8 Å². The van der Waals surface area contributed by atoms with Gasteiger partial charge in [-0.3, -0.25) is 14.4 Å². The number of carbonyl (C=O) groups is 1. The number of thiophene rings is 1. The van der Waals surface area contributed by atoms with E-state index in [2.05, 4.69) is 28.3 Å². The van der Waals surface area contributed by atoms with Crippen LogP contribution in [0.5, 0.6) is 0 Å². The number of fused-ring (bicyclic) bond motifs is 2. The Kier molecular flexibility index (Phi) is 5.37. The standard InChI is InChI=1S/C23H25N5OS2/c1-4-27-11-9-15-19(13-27)31-23(25-21(29)17-10-12-28(26-17)14(2)3)20(15)22-24-16-7-5-6-8-18(16)30-22/h5-8,10,12,14H,4,9,11,13H2,1-3H3,(H,25,29). The summed E-state index contributed by atoms with van der Waals surface area (Å²) in [7, 11) is 0. The topological polar surface area (TPSA) is 63.1 Å². The van der Waals surface area contributed by atoms with Crippen molar-refractivity contribution in [3.63, 3.8) is 0 Å². The van der Waals surface area contributed by atoms with Gasteiger partial charge in [-0.25, -0.2) is 4.98 Å². The number of benzene rings is 1. The van der Waals surface area contributed by atoms with Gasteiger partial charge < -0.3 is 5.32 Å². The molecule has 8 heteroatoms. The summed E-state index contributed by atoms with van der Waals surface area (Å²) >= 11 is 3.37. The van der Waals surface area contributed by atoms with Crippen LogP contribution in [0.1, 0.15) is 47.7 Å². The minimum atomic E-state index is -0.173. The zero-order chi connectivity index (χ0) is 21.5. The van der Waals surface area contributed by atoms with Gasteiger partial charge in [0.15, 0.2) is 5.69 Å². The maximum absolute atomic E-state index is 13.0. The van der Waals surface area contributed by atoms with Crippen LogP contribution < -0.4 is 5.32 Å². The number of nitrogens with one attached hydrogen (secondary N) is 1. The van der Waals surface area contributed by atoms with E-state index in [-0.39, 0.29) is 11.9 Å². The van der Waals surface area contributed by atoms with Crippen molar-refractivity contribution >= 4 is 43.8 Å². The molecule has 1 aromatic carbocycles. The Morgan fingerprint density at radius 2 is 2.06 bits per heavy atom. The Balaban J connectivity index is 1.55. The third kappa shape index (κ3) is 3.79. The fourth-order valence-corrected chi connectivity index (χ4v) is 6.33. The maximum atomic E-state index is 13.0. The van der Waals surface area contributed by atoms with Gasteiger partial charge in [-0.2, -0.15) is 5.10 Å². The molecule has 1 aliphatic heterocycles. The van der Waals surface area contributed by atoms with Gasteiger partial charge in [0.25, 0.3) is 5.91 Å². The van der Waals surface area contributed by atoms with Crippen LogP contribution in [0.3, 0.4) is 0 Å². The first-order valence-electron chi connectivity index (χ1n) is 10.6. The lowest BCUT2D eigenvalue weighted by Gasteiger charge is -2.25. The van der Waals surface area contributed by atoms with E-state index in [1.807, 2.05) is 42.9 Å². The minimum absolute atomic E-state index is 0.173. The molecule has 0 saturated carbocycles. The van der Waals surface area contributed by atoms with E-state index < -0.39 is 0 Å². The van der Waals surface area contributed by atoms with Gasteiger partial charge in [0.2, 0.25) is 0 Å². The molecule has 31 heavy (non-hydrogen) atoms. The molecule has 3 aromatic heterocycles. The van der Waals surface area contributed by atoms with Crippen molar-refractivity contribution in [3.05, 3.63) is 52.7 Å². The van der Waals surface area contributed by atoms with Gasteiger partial charge in [-0.05, 0) is 50.6 Å². The molecule has 0 bridgehead atoms. The first-order chi connectivity index (χ1) is 15.0. The molecule has 0 aliphatic carbocycles. The highest BCUT2D eigenvalue weighted by Crippen LogP contribution is 2.45. The van der Waals surface area contributed by atoms with Crippen molar-refractivity contribution in [2.75, 3.05) is 18.4 Å². The summed E-state index contributed by atoms with van der Waals surface area (Å²) in [6.07, 6.45) is 2.83. The summed E-state index contributed by atoms with van der Waals surface area (Å²) in [5, 5.41) is 9.46. The Morgan fingerprint density at radius 3 is 2.81 bits per heavy atom. The van der Waals surface area contributed by atoms with Crippen molar-refractivity contribution in [3.8, 4) is 10.6 Å². The number of hydrogen-bond acceptors (Lipinski definition) is 6. The summed E-state index contributed by atoms with van der Waals surface area (Å²) in [4.78, 5) is 21.7. The molecule has 4 heterocycles. The van der Waals surface area contributed by atoms with Crippen molar-refractivity contribution in [1.82, 2.24) is 19.7 Å². The van der Waals surface area contributed by atoms with Crippen molar-refractivity contribution in [2.24, 2.45) is 0 Å². The first kappa shape index (κ1) is 20.4. The average Bonchev–Trinajstić information content (AvgIpc) is 3.48. The number of thiazole rings is 1. The summed E-state index contributed by atoms with van der Waals surface area (Å²) in [5.74, 6) is -0.173. The van der Waals surface area contributed by atoms with Crippen molar-refractivity contribution in [1.29, 1.82) is 0 Å². The summed E-state index contributed by atoms with van der Waals surface area (Å²) in [6.45, 7) is 9.28. The summed E-state index contributed by atoms with van der Waals surface area (Å²) < 4.78 is 2.97. The first-order valence-corrected chi connectivity index (χ1v) is 12.3. The molecule has 160 valence electrons. The van der Waals surface area contributed by atoms with E-state index >= 15 is 0 Å². The van der Waals surface area contributed by atoms with Crippen molar-refractivity contribution < 1.29 is 4.79 Å². The Labute approximate surface area is 189 Å². The normalized spacial score (nSPS) is 14.3. The van der Waals surface area contributed by atoms with Gasteiger partial charge in [0, 0.05) is 35.8 Å². The summed E-state index contributed by atoms with van der Waals surface area (Å²) in [5.41, 5.74) is 3.86. The predicted molar refractivity (Wildman–Crippen MR) is 128 cm³/mol. The van der Waals surface area contributed by atoms with Gasteiger partial charge in [-0.1, -0.05) is 19.1 Å². The van der Waals surface area contributed by atoms with Crippen LogP contribution in [-0.2, 0) is 13.0 Å². The molecule has 5 rings (SSSR count). The monoisotopic (exact) mass is 451 g/mol. The van der Waals surface area contributed by atoms with Gasteiger partial charge >= 0.3 is 0 Å². The second kappa shape index (κ2) is 8.18. The fraction of sp³-hybridized carbons (Fsp3) is 0.348. The quantitative estimate of drug-likeness (QED) is 0.439. The zero-order valence-electron chi connectivity index (χ0n) is 17.9. The smallest absolute Gasteiger partial charge is 0.276 e. The molecule has 0 radical (unpaired) electrons. The lowest BCUT2D eigenvalue weighted by atomic mass is 10.0. The number of anilines is 1. The third-order valence-electron chi connectivity index (χ3n) is 5.69. The van der Waals surface area contributed by atoms with Gasteiger partial charge in [0.05, 0.1) is 10.2 Å². The predicted octanol–water partition coefficient (Wildman–Crippen LogP) is 5.43. The molecule has 0 fully saturated rings. The van der Waals surface area contributed by atoms with E-state index in [0.717, 1.165) is 51.8 Å². The number of aromatic nitrogens is 3. The van der Waals surface area contributed by atoms with Crippen LogP contribution >= 0.6 is 22.7 Å². The SMILES string of the molecule is CCN1CCc2c(sc(NC(=O)c3ccn(C(C)C)n3)c2-c2nc3ccccc3s2)C1. The molecule has 0 saturated heterocycles. The van der Waals surface area contributed by atoms with E-state index in [0.29, 0.717) is 5.69 Å². The van der Waals surface area contributed by atoms with Gasteiger partial charge in [-0.15, -0.1) is 22.7 Å². The largest absolute Gasteiger partial charge is 0.312 e. The van der Waals surface area contributed by atoms with Crippen LogP contribution in [0.2, 0.25) is 0 Å². The number of para-hydroxylation sites is 1. The number of amides is 1. The third-order valence-corrected chi connectivity index (χ3v) is 7.87. The highest BCUT2D eigenvalue weighted by Gasteiger charge is 2.27. The molecular formula is C23H25N5OS2. The highest BCUT2D eigenvalue weighted by atomic mass is 32.1. The lowest BCUT2D eigenvalue weighted by Crippen LogP contribution is -2.29. The number of carbonyl (C=O) groups excluding carboxylic acids is 1. The molecular weight excluding hydrogens is 426 g/mol. The second-order valence-corrected chi connectivity index (χ2v) is 10.2. The molecule has 1 amide bonds. The van der Waals surface area contributed by atoms with Crippen LogP contribution in [0.15, 0.2) is 36.5 Å². The molecule has 0 atom stereocenters. The Bertz CT molecular complexity index is 1220. The van der Waals surface area contributed by atoms with Crippen molar-refractivity contribution in [2.45, 2.75) is 39.8 Å². The molecule has 4 aromatic rings. The zero-order valence-corrected chi connectivity index (χ0v) is 19.5. The minimum Gasteiger partial charge on any atom is -0.312 e. The second-order valence-electron chi connectivity index (χ2n) is 8.04. The molecule has 1 N–H and O–H groups in total. The van der Waals surface area contributed by atoms with E-state index in [1.165, 1.54) is 10.4 Å². The van der Waals surface area contributed by atoms with E-state index in [9.17, 15) is 4.79 Å². The number of likely N-dealkylation sites (N-methyl/N-ethyl adjacent to an activating group) is 1. The highest BCUT2D eigenvalue weighted by molar-refractivity contribution is 7.22. The summed E-state index contributed by atoms with van der Waals surface area (Å²) in [6, 6.07) is 10.2. The Hall–Kier alpha value is -2.55. The fourth-order valence-electron chi connectivity index (χ4n) is 3.93. The van der Waals surface area contributed by atoms with E-state index in [1.54, 1.807) is 28.7 Å². The number of rotatable bonds is 5. The van der Waals surface area contributed by atoms with Crippen LogP contribution in [-0.4, -0.2) is 38.7 Å². The van der Waals surface area contributed by atoms with E-state index in [4.69, 9.17) is 4.98 Å². The van der Waals surface area contributed by atoms with Gasteiger partial charge in [0.1, 0.15) is 10.0 Å².